The highest BCUT2D eigenvalue weighted by molar-refractivity contribution is 8.00. The number of carbonyl (C=O) groups is 1. The van der Waals surface area contributed by atoms with Gasteiger partial charge in [-0.15, -0.1) is 10.2 Å². The van der Waals surface area contributed by atoms with Crippen molar-refractivity contribution in [2.75, 3.05) is 5.32 Å². The molecule has 2 aromatic carbocycles. The number of nitrogens with one attached hydrogen (secondary N) is 1. The lowest BCUT2D eigenvalue weighted by Gasteiger charge is -2.02. The lowest BCUT2D eigenvalue weighted by Crippen LogP contribution is -2.12. The van der Waals surface area contributed by atoms with Gasteiger partial charge in [-0.25, -0.2) is 0 Å². The zero-order valence-electron chi connectivity index (χ0n) is 13.3. The zero-order chi connectivity index (χ0) is 17.5. The van der Waals surface area contributed by atoms with Crippen LogP contribution in [0.25, 0.3) is 0 Å². The molecule has 4 nitrogen and oxygen atoms in total. The Balaban J connectivity index is 1.46. The van der Waals surface area contributed by atoms with E-state index >= 15 is 0 Å². The minimum atomic E-state index is -0.0734. The van der Waals surface area contributed by atoms with Crippen molar-refractivity contribution >= 4 is 45.7 Å². The van der Waals surface area contributed by atoms with Crippen LogP contribution in [0.2, 0.25) is 5.02 Å². The third-order valence-corrected chi connectivity index (χ3v) is 5.67. The first kappa shape index (κ1) is 17.9. The number of benzene rings is 2. The Morgan fingerprint density at radius 1 is 1.08 bits per heavy atom. The molecule has 0 saturated heterocycles. The Labute approximate surface area is 159 Å². The monoisotopic (exact) mass is 389 g/mol. The fraction of sp³-hybridized carbons (Fsp3) is 0.167. The quantitative estimate of drug-likeness (QED) is 0.453. The van der Waals surface area contributed by atoms with Gasteiger partial charge in [0.1, 0.15) is 0 Å². The second kappa shape index (κ2) is 8.99. The van der Waals surface area contributed by atoms with Crippen LogP contribution in [0.3, 0.4) is 0 Å². The number of nitrogens with zero attached hydrogens (tertiary/aromatic N) is 2. The molecule has 3 aromatic rings. The van der Waals surface area contributed by atoms with Crippen molar-refractivity contribution in [3.8, 4) is 0 Å². The number of thioether (sulfide) groups is 1. The van der Waals surface area contributed by atoms with E-state index in [1.807, 2.05) is 42.5 Å². The van der Waals surface area contributed by atoms with Crippen LogP contribution in [0, 0.1) is 0 Å². The smallest absolute Gasteiger partial charge is 0.226 e. The molecule has 3 rings (SSSR count). The average Bonchev–Trinajstić information content (AvgIpc) is 3.06. The summed E-state index contributed by atoms with van der Waals surface area (Å²) in [6, 6.07) is 17.7. The normalized spacial score (nSPS) is 10.6. The predicted octanol–water partition coefficient (Wildman–Crippen LogP) is 5.06. The van der Waals surface area contributed by atoms with Crippen molar-refractivity contribution in [2.24, 2.45) is 0 Å². The maximum atomic E-state index is 12.0. The molecule has 1 heterocycles. The fourth-order valence-corrected chi connectivity index (χ4v) is 4.11. The molecule has 0 fully saturated rings. The minimum Gasteiger partial charge on any atom is -0.300 e. The predicted molar refractivity (Wildman–Crippen MR) is 104 cm³/mol. The number of hydrogen-bond acceptors (Lipinski definition) is 5. The fourth-order valence-electron chi connectivity index (χ4n) is 2.17. The number of carbonyl (C=O) groups excluding carboxylic acids is 1. The van der Waals surface area contributed by atoms with Crippen LogP contribution in [0.4, 0.5) is 5.13 Å². The number of anilines is 1. The van der Waals surface area contributed by atoms with Gasteiger partial charge < -0.3 is 5.32 Å². The summed E-state index contributed by atoms with van der Waals surface area (Å²) in [5.74, 6) is 0.758. The Kier molecular flexibility index (Phi) is 6.44. The van der Waals surface area contributed by atoms with Crippen LogP contribution >= 0.6 is 34.7 Å². The van der Waals surface area contributed by atoms with Crippen LogP contribution in [-0.2, 0) is 17.0 Å². The van der Waals surface area contributed by atoms with Gasteiger partial charge in [0.2, 0.25) is 11.0 Å². The first-order valence-corrected chi connectivity index (χ1v) is 9.91. The molecule has 0 unspecified atom stereocenters. The van der Waals surface area contributed by atoms with Crippen molar-refractivity contribution in [3.05, 3.63) is 70.7 Å². The lowest BCUT2D eigenvalue weighted by atomic mass is 10.1. The summed E-state index contributed by atoms with van der Waals surface area (Å²) in [6.07, 6.45) is 1.02. The van der Waals surface area contributed by atoms with E-state index < -0.39 is 0 Å². The lowest BCUT2D eigenvalue weighted by molar-refractivity contribution is -0.116. The number of hydrogen-bond donors (Lipinski definition) is 1. The molecule has 1 amide bonds. The summed E-state index contributed by atoms with van der Waals surface area (Å²) >= 11 is 8.95. The molecule has 0 atom stereocenters. The first-order chi connectivity index (χ1) is 12.2. The van der Waals surface area contributed by atoms with Gasteiger partial charge in [0, 0.05) is 17.2 Å². The molecule has 1 aromatic heterocycles. The molecule has 7 heteroatoms. The molecular formula is C18H16ClN3OS2. The molecule has 0 bridgehead atoms. The van der Waals surface area contributed by atoms with Gasteiger partial charge in [0.25, 0.3) is 0 Å². The van der Waals surface area contributed by atoms with Crippen LogP contribution in [-0.4, -0.2) is 16.1 Å². The van der Waals surface area contributed by atoms with E-state index in [0.29, 0.717) is 23.0 Å². The molecule has 0 aliphatic heterocycles. The summed E-state index contributed by atoms with van der Waals surface area (Å²) in [7, 11) is 0. The third kappa shape index (κ3) is 5.85. The van der Waals surface area contributed by atoms with Crippen molar-refractivity contribution in [3.63, 3.8) is 0 Å². The summed E-state index contributed by atoms with van der Waals surface area (Å²) in [6.45, 7) is 0. The molecule has 1 N–H and O–H groups in total. The number of aromatic nitrogens is 2. The van der Waals surface area contributed by atoms with Gasteiger partial charge in [-0.3, -0.25) is 4.79 Å². The van der Waals surface area contributed by atoms with Crippen LogP contribution in [0.5, 0.6) is 0 Å². The Morgan fingerprint density at radius 2 is 1.88 bits per heavy atom. The molecule has 25 heavy (non-hydrogen) atoms. The van der Waals surface area contributed by atoms with Gasteiger partial charge in [-0.2, -0.15) is 0 Å². The second-order valence-corrected chi connectivity index (χ2v) is 7.96. The molecule has 0 radical (unpaired) electrons. The third-order valence-electron chi connectivity index (χ3n) is 3.39. The standard InChI is InChI=1S/C18H16ClN3OS2/c19-15-8-4-7-13(11-15)9-10-16(23)20-17-21-22-18(25-17)24-12-14-5-2-1-3-6-14/h1-8,11H,9-10,12H2,(H,20,21,23). The van der Waals surface area contributed by atoms with E-state index in [1.54, 1.807) is 11.8 Å². The molecule has 0 aliphatic carbocycles. The number of aryl methyl sites for hydroxylation is 1. The van der Waals surface area contributed by atoms with E-state index in [2.05, 4.69) is 27.6 Å². The van der Waals surface area contributed by atoms with Crippen LogP contribution < -0.4 is 5.32 Å². The van der Waals surface area contributed by atoms with Gasteiger partial charge in [0.05, 0.1) is 0 Å². The topological polar surface area (TPSA) is 54.9 Å². The van der Waals surface area contributed by atoms with Crippen LogP contribution in [0.1, 0.15) is 17.5 Å². The molecule has 0 aliphatic rings. The highest BCUT2D eigenvalue weighted by Gasteiger charge is 2.09. The Bertz CT molecular complexity index is 839. The van der Waals surface area contributed by atoms with E-state index in [1.165, 1.54) is 16.9 Å². The second-order valence-electron chi connectivity index (χ2n) is 5.33. The Morgan fingerprint density at radius 3 is 2.68 bits per heavy atom. The largest absolute Gasteiger partial charge is 0.300 e. The summed E-state index contributed by atoms with van der Waals surface area (Å²) in [5.41, 5.74) is 2.27. The summed E-state index contributed by atoms with van der Waals surface area (Å²) in [5, 5.41) is 12.2. The van der Waals surface area contributed by atoms with Gasteiger partial charge >= 0.3 is 0 Å². The van der Waals surface area contributed by atoms with Crippen molar-refractivity contribution in [1.29, 1.82) is 0 Å². The van der Waals surface area contributed by atoms with Crippen LogP contribution in [0.15, 0.2) is 58.9 Å². The molecule has 128 valence electrons. The number of halogens is 1. The first-order valence-electron chi connectivity index (χ1n) is 7.73. The molecule has 0 saturated carbocycles. The van der Waals surface area contributed by atoms with E-state index in [9.17, 15) is 4.79 Å². The Hall–Kier alpha value is -1.89. The van der Waals surface area contributed by atoms with Crippen molar-refractivity contribution in [1.82, 2.24) is 10.2 Å². The van der Waals surface area contributed by atoms with Crippen molar-refractivity contribution < 1.29 is 4.79 Å². The van der Waals surface area contributed by atoms with Gasteiger partial charge in [-0.1, -0.05) is 77.2 Å². The van der Waals surface area contributed by atoms with Gasteiger partial charge in [0.15, 0.2) is 4.34 Å². The average molecular weight is 390 g/mol. The summed E-state index contributed by atoms with van der Waals surface area (Å²) < 4.78 is 0.842. The number of rotatable bonds is 7. The maximum absolute atomic E-state index is 12.0. The summed E-state index contributed by atoms with van der Waals surface area (Å²) in [4.78, 5) is 12.0. The minimum absolute atomic E-state index is 0.0734. The zero-order valence-corrected chi connectivity index (χ0v) is 15.7. The maximum Gasteiger partial charge on any atom is 0.226 e. The highest BCUT2D eigenvalue weighted by atomic mass is 35.5. The van der Waals surface area contributed by atoms with E-state index in [4.69, 9.17) is 11.6 Å². The highest BCUT2D eigenvalue weighted by Crippen LogP contribution is 2.28. The molecule has 0 spiro atoms. The van der Waals surface area contributed by atoms with E-state index in [-0.39, 0.29) is 5.91 Å². The SMILES string of the molecule is O=C(CCc1cccc(Cl)c1)Nc1nnc(SCc2ccccc2)s1. The van der Waals surface area contributed by atoms with Crippen molar-refractivity contribution in [2.45, 2.75) is 22.9 Å². The number of amides is 1. The van der Waals surface area contributed by atoms with Gasteiger partial charge in [-0.05, 0) is 29.7 Å². The van der Waals surface area contributed by atoms with E-state index in [0.717, 1.165) is 15.7 Å². The molecular weight excluding hydrogens is 374 g/mol.